The maximum absolute atomic E-state index is 13.1. The molecule has 2 aromatic rings. The van der Waals surface area contributed by atoms with Crippen LogP contribution in [0.25, 0.3) is 0 Å². The molecule has 1 aliphatic carbocycles. The predicted octanol–water partition coefficient (Wildman–Crippen LogP) is 4.80. The second kappa shape index (κ2) is 5.98. The summed E-state index contributed by atoms with van der Waals surface area (Å²) >= 11 is 0. The number of halogens is 1. The maximum atomic E-state index is 13.1. The summed E-state index contributed by atoms with van der Waals surface area (Å²) in [5.41, 5.74) is 4.04. The molecular formula is C19H22FN. The fourth-order valence-electron chi connectivity index (χ4n) is 3.29. The van der Waals surface area contributed by atoms with E-state index in [0.29, 0.717) is 12.0 Å². The Morgan fingerprint density at radius 1 is 1.05 bits per heavy atom. The van der Waals surface area contributed by atoms with Crippen molar-refractivity contribution in [1.29, 1.82) is 0 Å². The van der Waals surface area contributed by atoms with Gasteiger partial charge in [0.1, 0.15) is 5.82 Å². The van der Waals surface area contributed by atoms with Gasteiger partial charge in [-0.05, 0) is 47.6 Å². The minimum Gasteiger partial charge on any atom is -0.303 e. The largest absolute Gasteiger partial charge is 0.303 e. The molecule has 2 unspecified atom stereocenters. The Balaban J connectivity index is 1.82. The molecule has 0 saturated carbocycles. The molecule has 1 nitrogen and oxygen atoms in total. The molecule has 0 radical (unpaired) electrons. The molecule has 21 heavy (non-hydrogen) atoms. The van der Waals surface area contributed by atoms with Crippen LogP contribution in [0.2, 0.25) is 0 Å². The average molecular weight is 283 g/mol. The van der Waals surface area contributed by atoms with Crippen LogP contribution in [0, 0.1) is 11.7 Å². The molecule has 2 atom stereocenters. The van der Waals surface area contributed by atoms with Crippen LogP contribution in [-0.2, 0) is 6.42 Å². The number of nitrogens with one attached hydrogen (secondary N) is 1. The summed E-state index contributed by atoms with van der Waals surface area (Å²) in [7, 11) is 0. The SMILES string of the molecule is CC(C)C(NC1CCc2ccccc21)c1ccc(F)cc1. The first-order valence-corrected chi connectivity index (χ1v) is 7.74. The average Bonchev–Trinajstić information content (AvgIpc) is 2.89. The molecule has 0 amide bonds. The highest BCUT2D eigenvalue weighted by Crippen LogP contribution is 2.34. The van der Waals surface area contributed by atoms with E-state index in [0.717, 1.165) is 18.4 Å². The van der Waals surface area contributed by atoms with Crippen LogP contribution < -0.4 is 5.32 Å². The quantitative estimate of drug-likeness (QED) is 0.850. The Morgan fingerprint density at radius 3 is 2.48 bits per heavy atom. The summed E-state index contributed by atoms with van der Waals surface area (Å²) in [6.07, 6.45) is 2.28. The maximum Gasteiger partial charge on any atom is 0.123 e. The zero-order chi connectivity index (χ0) is 14.8. The molecule has 0 fully saturated rings. The van der Waals surface area contributed by atoms with Crippen molar-refractivity contribution < 1.29 is 4.39 Å². The number of fused-ring (bicyclic) bond motifs is 1. The van der Waals surface area contributed by atoms with Gasteiger partial charge < -0.3 is 5.32 Å². The van der Waals surface area contributed by atoms with Crippen molar-refractivity contribution in [3.05, 3.63) is 71.0 Å². The zero-order valence-corrected chi connectivity index (χ0v) is 12.6. The molecular weight excluding hydrogens is 261 g/mol. The van der Waals surface area contributed by atoms with E-state index in [1.165, 1.54) is 11.1 Å². The Kier molecular flexibility index (Phi) is 4.07. The van der Waals surface area contributed by atoms with Gasteiger partial charge in [0.2, 0.25) is 0 Å². The molecule has 3 rings (SSSR count). The van der Waals surface area contributed by atoms with Gasteiger partial charge in [-0.25, -0.2) is 4.39 Å². The lowest BCUT2D eigenvalue weighted by atomic mass is 9.94. The van der Waals surface area contributed by atoms with E-state index in [9.17, 15) is 4.39 Å². The molecule has 0 bridgehead atoms. The van der Waals surface area contributed by atoms with Crippen molar-refractivity contribution in [3.8, 4) is 0 Å². The molecule has 2 heteroatoms. The lowest BCUT2D eigenvalue weighted by Crippen LogP contribution is -2.28. The fraction of sp³-hybridized carbons (Fsp3) is 0.368. The summed E-state index contributed by atoms with van der Waals surface area (Å²) in [4.78, 5) is 0. The van der Waals surface area contributed by atoms with Crippen molar-refractivity contribution in [1.82, 2.24) is 5.32 Å². The molecule has 2 aromatic carbocycles. The van der Waals surface area contributed by atoms with Gasteiger partial charge >= 0.3 is 0 Å². The second-order valence-electron chi connectivity index (χ2n) is 6.23. The molecule has 1 N–H and O–H groups in total. The van der Waals surface area contributed by atoms with Crippen LogP contribution in [0.4, 0.5) is 4.39 Å². The third-order valence-electron chi connectivity index (χ3n) is 4.41. The van der Waals surface area contributed by atoms with Gasteiger partial charge in [0.05, 0.1) is 0 Å². The van der Waals surface area contributed by atoms with E-state index in [1.807, 2.05) is 12.1 Å². The van der Waals surface area contributed by atoms with Crippen LogP contribution in [0.15, 0.2) is 48.5 Å². The van der Waals surface area contributed by atoms with E-state index in [2.05, 4.69) is 43.4 Å². The number of hydrogen-bond acceptors (Lipinski definition) is 1. The summed E-state index contributed by atoms with van der Waals surface area (Å²) in [5, 5.41) is 3.78. The normalized spacial score (nSPS) is 18.8. The van der Waals surface area contributed by atoms with Crippen molar-refractivity contribution in [3.63, 3.8) is 0 Å². The van der Waals surface area contributed by atoms with Crippen LogP contribution in [0.1, 0.15) is 49.0 Å². The summed E-state index contributed by atoms with van der Waals surface area (Å²) in [5.74, 6) is 0.288. The van der Waals surface area contributed by atoms with E-state index in [1.54, 1.807) is 12.1 Å². The smallest absolute Gasteiger partial charge is 0.123 e. The number of rotatable bonds is 4. The van der Waals surface area contributed by atoms with Crippen molar-refractivity contribution in [2.75, 3.05) is 0 Å². The fourth-order valence-corrected chi connectivity index (χ4v) is 3.29. The monoisotopic (exact) mass is 283 g/mol. The predicted molar refractivity (Wildman–Crippen MR) is 84.6 cm³/mol. The molecule has 0 heterocycles. The van der Waals surface area contributed by atoms with Crippen LogP contribution >= 0.6 is 0 Å². The molecule has 0 saturated heterocycles. The lowest BCUT2D eigenvalue weighted by molar-refractivity contribution is 0.361. The number of aryl methyl sites for hydroxylation is 1. The minimum absolute atomic E-state index is 0.174. The Hall–Kier alpha value is -1.67. The lowest BCUT2D eigenvalue weighted by Gasteiger charge is -2.27. The van der Waals surface area contributed by atoms with Crippen LogP contribution in [0.3, 0.4) is 0 Å². The summed E-state index contributed by atoms with van der Waals surface area (Å²) < 4.78 is 13.1. The van der Waals surface area contributed by atoms with Gasteiger partial charge in [-0.15, -0.1) is 0 Å². The van der Waals surface area contributed by atoms with Crippen molar-refractivity contribution >= 4 is 0 Å². The molecule has 1 aliphatic rings. The van der Waals surface area contributed by atoms with Gasteiger partial charge in [0.15, 0.2) is 0 Å². The summed E-state index contributed by atoms with van der Waals surface area (Å²) in [6, 6.07) is 16.2. The van der Waals surface area contributed by atoms with Gasteiger partial charge in [0.25, 0.3) is 0 Å². The van der Waals surface area contributed by atoms with Gasteiger partial charge in [0, 0.05) is 12.1 Å². The highest BCUT2D eigenvalue weighted by molar-refractivity contribution is 5.35. The first-order valence-electron chi connectivity index (χ1n) is 7.74. The van der Waals surface area contributed by atoms with E-state index in [4.69, 9.17) is 0 Å². The highest BCUT2D eigenvalue weighted by Gasteiger charge is 2.26. The molecule has 0 spiro atoms. The molecule has 0 aliphatic heterocycles. The topological polar surface area (TPSA) is 12.0 Å². The van der Waals surface area contributed by atoms with Crippen molar-refractivity contribution in [2.45, 2.75) is 38.8 Å². The van der Waals surface area contributed by atoms with E-state index < -0.39 is 0 Å². The van der Waals surface area contributed by atoms with Crippen LogP contribution in [-0.4, -0.2) is 0 Å². The summed E-state index contributed by atoms with van der Waals surface area (Å²) in [6.45, 7) is 4.42. The van der Waals surface area contributed by atoms with E-state index in [-0.39, 0.29) is 11.9 Å². The Bertz CT molecular complexity index is 603. The van der Waals surface area contributed by atoms with Crippen molar-refractivity contribution in [2.24, 2.45) is 5.92 Å². The highest BCUT2D eigenvalue weighted by atomic mass is 19.1. The van der Waals surface area contributed by atoms with E-state index >= 15 is 0 Å². The molecule has 0 aromatic heterocycles. The second-order valence-corrected chi connectivity index (χ2v) is 6.23. The standard InChI is InChI=1S/C19H22FN/c1-13(2)19(15-7-10-16(20)11-8-15)21-18-12-9-14-5-3-4-6-17(14)18/h3-8,10-11,13,18-19,21H,9,12H2,1-2H3. The van der Waals surface area contributed by atoms with Gasteiger partial charge in [-0.1, -0.05) is 50.2 Å². The van der Waals surface area contributed by atoms with Gasteiger partial charge in [-0.2, -0.15) is 0 Å². The Morgan fingerprint density at radius 2 is 1.76 bits per heavy atom. The minimum atomic E-state index is -0.174. The molecule has 110 valence electrons. The van der Waals surface area contributed by atoms with Crippen LogP contribution in [0.5, 0.6) is 0 Å². The Labute approximate surface area is 126 Å². The van der Waals surface area contributed by atoms with Gasteiger partial charge in [-0.3, -0.25) is 0 Å². The third kappa shape index (κ3) is 3.01. The zero-order valence-electron chi connectivity index (χ0n) is 12.6. The number of hydrogen-bond donors (Lipinski definition) is 1. The third-order valence-corrected chi connectivity index (χ3v) is 4.41. The number of benzene rings is 2. The first kappa shape index (κ1) is 14.3. The first-order chi connectivity index (χ1) is 10.1.